The maximum Gasteiger partial charge on any atom is 0.358 e. The first-order chi connectivity index (χ1) is 11.2. The van der Waals surface area contributed by atoms with Gasteiger partial charge in [-0.25, -0.2) is 9.13 Å². The molecule has 5 heteroatoms. The van der Waals surface area contributed by atoms with Gasteiger partial charge in [0.1, 0.15) is 17.6 Å². The van der Waals surface area contributed by atoms with Gasteiger partial charge < -0.3 is 0 Å². The Kier molecular flexibility index (Phi) is 3.54. The van der Waals surface area contributed by atoms with Crippen LogP contribution in [0.1, 0.15) is 16.8 Å². The van der Waals surface area contributed by atoms with Gasteiger partial charge in [0.15, 0.2) is 5.78 Å². The van der Waals surface area contributed by atoms with Crippen molar-refractivity contribution in [1.29, 1.82) is 0 Å². The van der Waals surface area contributed by atoms with E-state index < -0.39 is 0 Å². The van der Waals surface area contributed by atoms with Crippen molar-refractivity contribution >= 4 is 34.4 Å². The van der Waals surface area contributed by atoms with E-state index in [-0.39, 0.29) is 5.78 Å². The fourth-order valence-corrected chi connectivity index (χ4v) is 3.31. The van der Waals surface area contributed by atoms with Crippen LogP contribution in [0.2, 0.25) is 5.02 Å². The van der Waals surface area contributed by atoms with Crippen LogP contribution in [0.4, 0.5) is 5.95 Å². The molecule has 0 aliphatic carbocycles. The average molecular weight is 327 g/mol. The Morgan fingerprint density at radius 1 is 1.17 bits per heavy atom. The molecule has 23 heavy (non-hydrogen) atoms. The summed E-state index contributed by atoms with van der Waals surface area (Å²) in [6, 6.07) is 15.3. The number of hydrogen-bond donors (Lipinski definition) is 1. The lowest BCUT2D eigenvalue weighted by Crippen LogP contribution is -2.42. The van der Waals surface area contributed by atoms with Crippen LogP contribution in [-0.4, -0.2) is 16.9 Å². The monoisotopic (exact) mass is 326 g/mol. The Hall–Kier alpha value is -2.33. The first kappa shape index (κ1) is 14.3. The number of rotatable bonds is 3. The lowest BCUT2D eigenvalue weighted by Gasteiger charge is -2.11. The zero-order valence-electron chi connectivity index (χ0n) is 12.6. The maximum absolute atomic E-state index is 12.7. The Bertz CT molecular complexity index is 883. The molecular weight excluding hydrogens is 310 g/mol. The second-order valence-corrected chi connectivity index (χ2v) is 6.20. The highest BCUT2D eigenvalue weighted by Gasteiger charge is 2.27. The van der Waals surface area contributed by atoms with Gasteiger partial charge >= 0.3 is 5.95 Å². The molecule has 1 aromatic heterocycles. The third-order valence-corrected chi connectivity index (χ3v) is 4.54. The quantitative estimate of drug-likeness (QED) is 0.592. The number of carbonyl (C=O) groups is 1. The van der Waals surface area contributed by atoms with Gasteiger partial charge in [-0.2, -0.15) is 0 Å². The van der Waals surface area contributed by atoms with Crippen molar-refractivity contribution in [1.82, 2.24) is 4.57 Å². The number of nitrogens with zero attached hydrogens (tertiary/aromatic N) is 2. The minimum Gasteiger partial charge on any atom is -0.291 e. The van der Waals surface area contributed by atoms with E-state index in [4.69, 9.17) is 11.6 Å². The summed E-state index contributed by atoms with van der Waals surface area (Å²) >= 11 is 5.90. The third kappa shape index (κ3) is 2.49. The molecule has 0 radical (unpaired) electrons. The first-order valence-electron chi connectivity index (χ1n) is 7.78. The van der Waals surface area contributed by atoms with Crippen molar-refractivity contribution < 1.29 is 9.36 Å². The lowest BCUT2D eigenvalue weighted by molar-refractivity contribution is -0.661. The smallest absolute Gasteiger partial charge is 0.291 e. The Balaban J connectivity index is 1.76. The van der Waals surface area contributed by atoms with Crippen LogP contribution >= 0.6 is 11.6 Å². The molecule has 2 aromatic carbocycles. The summed E-state index contributed by atoms with van der Waals surface area (Å²) < 4.78 is 4.33. The summed E-state index contributed by atoms with van der Waals surface area (Å²) in [4.78, 5) is 12.7. The molecule has 0 unspecified atom stereocenters. The average Bonchev–Trinajstić information content (AvgIpc) is 2.90. The summed E-state index contributed by atoms with van der Waals surface area (Å²) in [6.45, 7) is 2.23. The third-order valence-electron chi connectivity index (χ3n) is 4.28. The number of imidazole rings is 1. The van der Waals surface area contributed by atoms with Crippen molar-refractivity contribution in [2.45, 2.75) is 19.5 Å². The van der Waals surface area contributed by atoms with E-state index in [0.29, 0.717) is 17.1 Å². The molecule has 0 spiro atoms. The number of Topliss-reactive ketones (excluding diaryl/α,β-unsaturated/α-hetero) is 1. The van der Waals surface area contributed by atoms with Crippen molar-refractivity contribution in [2.75, 3.05) is 11.9 Å². The van der Waals surface area contributed by atoms with E-state index in [1.165, 1.54) is 5.52 Å². The predicted octanol–water partition coefficient (Wildman–Crippen LogP) is 3.28. The van der Waals surface area contributed by atoms with Crippen molar-refractivity contribution in [3.8, 4) is 0 Å². The van der Waals surface area contributed by atoms with Gasteiger partial charge in [-0.1, -0.05) is 23.7 Å². The standard InChI is InChI=1S/C18H16ClN3O/c19-14-8-6-13(7-9-14)17(23)12-22-16-5-2-1-4-15(16)21-11-3-10-20-18(21)22/h1-2,4-9H,3,10-12H2/p+1. The van der Waals surface area contributed by atoms with E-state index in [9.17, 15) is 4.79 Å². The number of aromatic nitrogens is 2. The normalized spacial score (nSPS) is 13.6. The van der Waals surface area contributed by atoms with Gasteiger partial charge in [-0.15, -0.1) is 0 Å². The number of benzene rings is 2. The number of halogens is 1. The van der Waals surface area contributed by atoms with E-state index in [1.54, 1.807) is 24.3 Å². The van der Waals surface area contributed by atoms with Crippen molar-refractivity contribution in [3.05, 3.63) is 59.1 Å². The summed E-state index contributed by atoms with van der Waals surface area (Å²) in [5.74, 6) is 1.10. The van der Waals surface area contributed by atoms with E-state index >= 15 is 0 Å². The van der Waals surface area contributed by atoms with Crippen LogP contribution in [0.3, 0.4) is 0 Å². The van der Waals surface area contributed by atoms with Gasteiger partial charge in [-0.3, -0.25) is 10.1 Å². The molecule has 0 bridgehead atoms. The van der Waals surface area contributed by atoms with Crippen LogP contribution < -0.4 is 9.88 Å². The summed E-state index contributed by atoms with van der Waals surface area (Å²) in [5.41, 5.74) is 2.93. The van der Waals surface area contributed by atoms with Crippen molar-refractivity contribution in [3.63, 3.8) is 0 Å². The minimum atomic E-state index is 0.0817. The van der Waals surface area contributed by atoms with Gasteiger partial charge in [0.2, 0.25) is 0 Å². The molecule has 1 aliphatic rings. The molecule has 0 saturated carbocycles. The molecule has 2 heterocycles. The number of fused-ring (bicyclic) bond motifs is 3. The minimum absolute atomic E-state index is 0.0817. The van der Waals surface area contributed by atoms with Crippen LogP contribution in [0.5, 0.6) is 0 Å². The number of ketones is 1. The van der Waals surface area contributed by atoms with Crippen molar-refractivity contribution in [2.24, 2.45) is 0 Å². The Labute approximate surface area is 139 Å². The highest BCUT2D eigenvalue weighted by molar-refractivity contribution is 6.30. The molecule has 1 N–H and O–H groups in total. The molecule has 4 rings (SSSR count). The highest BCUT2D eigenvalue weighted by Crippen LogP contribution is 2.21. The molecular formula is C18H17ClN3O+. The molecule has 1 aliphatic heterocycles. The SMILES string of the molecule is O=C(Cn1c2[n+](c3ccccc31)CCCN2)c1ccc(Cl)cc1. The molecule has 0 fully saturated rings. The number of carbonyl (C=O) groups excluding carboxylic acids is 1. The van der Waals surface area contributed by atoms with Gasteiger partial charge in [0.25, 0.3) is 0 Å². The van der Waals surface area contributed by atoms with Crippen LogP contribution in [0.15, 0.2) is 48.5 Å². The van der Waals surface area contributed by atoms with Crippen LogP contribution in [0.25, 0.3) is 11.0 Å². The second kappa shape index (κ2) is 5.70. The van der Waals surface area contributed by atoms with Gasteiger partial charge in [0, 0.05) is 17.0 Å². The molecule has 3 aromatic rings. The van der Waals surface area contributed by atoms with E-state index in [2.05, 4.69) is 26.6 Å². The summed E-state index contributed by atoms with van der Waals surface area (Å²) in [6.07, 6.45) is 1.09. The van der Waals surface area contributed by atoms with E-state index in [0.717, 1.165) is 31.0 Å². The fourth-order valence-electron chi connectivity index (χ4n) is 3.18. The predicted molar refractivity (Wildman–Crippen MR) is 91.0 cm³/mol. The van der Waals surface area contributed by atoms with E-state index in [1.807, 2.05) is 12.1 Å². The number of aryl methyl sites for hydroxylation is 1. The number of para-hydroxylation sites is 2. The summed E-state index contributed by atoms with van der Waals surface area (Å²) in [5, 5.41) is 4.08. The molecule has 4 nitrogen and oxygen atoms in total. The molecule has 0 amide bonds. The first-order valence-corrected chi connectivity index (χ1v) is 8.15. The van der Waals surface area contributed by atoms with Crippen LogP contribution in [-0.2, 0) is 13.1 Å². The largest absolute Gasteiger partial charge is 0.358 e. The zero-order chi connectivity index (χ0) is 15.8. The maximum atomic E-state index is 12.7. The van der Waals surface area contributed by atoms with Gasteiger partial charge in [-0.05, 0) is 36.4 Å². The Morgan fingerprint density at radius 2 is 1.96 bits per heavy atom. The van der Waals surface area contributed by atoms with Gasteiger partial charge in [0.05, 0.1) is 13.1 Å². The number of nitrogens with one attached hydrogen (secondary N) is 1. The number of anilines is 1. The molecule has 0 saturated heterocycles. The molecule has 0 atom stereocenters. The lowest BCUT2D eigenvalue weighted by atomic mass is 10.1. The fraction of sp³-hybridized carbons (Fsp3) is 0.222. The van der Waals surface area contributed by atoms with Crippen LogP contribution in [0, 0.1) is 0 Å². The summed E-state index contributed by atoms with van der Waals surface area (Å²) in [7, 11) is 0. The highest BCUT2D eigenvalue weighted by atomic mass is 35.5. The Morgan fingerprint density at radius 3 is 2.78 bits per heavy atom. The second-order valence-electron chi connectivity index (χ2n) is 5.76. The number of hydrogen-bond acceptors (Lipinski definition) is 2. The molecule has 116 valence electrons. The zero-order valence-corrected chi connectivity index (χ0v) is 13.4. The topological polar surface area (TPSA) is 37.9 Å².